The van der Waals surface area contributed by atoms with Gasteiger partial charge in [0.25, 0.3) is 11.8 Å². The maximum atomic E-state index is 13.9. The van der Waals surface area contributed by atoms with Gasteiger partial charge in [-0.25, -0.2) is 0 Å². The number of hydrogen-bond donors (Lipinski definition) is 1. The van der Waals surface area contributed by atoms with E-state index in [0.29, 0.717) is 17.0 Å². The van der Waals surface area contributed by atoms with Crippen molar-refractivity contribution in [3.8, 4) is 0 Å². The molecular formula is C34H30N2O2S. The summed E-state index contributed by atoms with van der Waals surface area (Å²) in [5.74, 6) is -0.172. The number of benzene rings is 4. The van der Waals surface area contributed by atoms with Crippen LogP contribution in [0.4, 0.5) is 5.69 Å². The van der Waals surface area contributed by atoms with Gasteiger partial charge < -0.3 is 10.2 Å². The second-order valence-electron chi connectivity index (χ2n) is 10.2. The van der Waals surface area contributed by atoms with Gasteiger partial charge in [0.05, 0.1) is 23.2 Å². The van der Waals surface area contributed by atoms with Crippen LogP contribution in [0, 0.1) is 6.92 Å². The van der Waals surface area contributed by atoms with Gasteiger partial charge in [-0.1, -0.05) is 96.2 Å². The molecule has 1 aliphatic carbocycles. The van der Waals surface area contributed by atoms with Crippen LogP contribution in [0.3, 0.4) is 0 Å². The van der Waals surface area contributed by atoms with E-state index in [9.17, 15) is 9.59 Å². The first-order valence-electron chi connectivity index (χ1n) is 13.4. The topological polar surface area (TPSA) is 49.4 Å². The SMILES string of the molecule is Cc1cccc(CN2C(=O)C(=Cc3ccccc3)Sc3ccc(C(=O)NC4CCCc5ccccc54)cc32)c1. The lowest BCUT2D eigenvalue weighted by Gasteiger charge is -2.31. The minimum atomic E-state index is -0.113. The normalized spacial score (nSPS) is 17.5. The molecule has 1 aliphatic heterocycles. The molecular weight excluding hydrogens is 500 g/mol. The smallest absolute Gasteiger partial charge is 0.265 e. The summed E-state index contributed by atoms with van der Waals surface area (Å²) in [6, 6.07) is 32.2. The lowest BCUT2D eigenvalue weighted by molar-refractivity contribution is -0.114. The zero-order chi connectivity index (χ0) is 26.8. The summed E-state index contributed by atoms with van der Waals surface area (Å²) in [5, 5.41) is 3.26. The van der Waals surface area contributed by atoms with Gasteiger partial charge in [0.1, 0.15) is 0 Å². The predicted molar refractivity (Wildman–Crippen MR) is 159 cm³/mol. The molecule has 1 unspecified atom stereocenters. The zero-order valence-electron chi connectivity index (χ0n) is 21.9. The third-order valence-corrected chi connectivity index (χ3v) is 8.46. The van der Waals surface area contributed by atoms with Gasteiger partial charge in [0, 0.05) is 10.5 Å². The summed E-state index contributed by atoms with van der Waals surface area (Å²) in [6.45, 7) is 2.49. The summed E-state index contributed by atoms with van der Waals surface area (Å²) >= 11 is 1.46. The number of carbonyl (C=O) groups is 2. The van der Waals surface area contributed by atoms with Crippen molar-refractivity contribution < 1.29 is 9.59 Å². The van der Waals surface area contributed by atoms with E-state index in [2.05, 4.69) is 42.6 Å². The number of anilines is 1. The first-order chi connectivity index (χ1) is 19.0. The molecule has 4 aromatic carbocycles. The van der Waals surface area contributed by atoms with Crippen LogP contribution < -0.4 is 10.2 Å². The number of amides is 2. The number of aryl methyl sites for hydroxylation is 2. The lowest BCUT2D eigenvalue weighted by Crippen LogP contribution is -2.34. The van der Waals surface area contributed by atoms with Crippen molar-refractivity contribution in [2.45, 2.75) is 43.7 Å². The summed E-state index contributed by atoms with van der Waals surface area (Å²) < 4.78 is 0. The molecule has 194 valence electrons. The van der Waals surface area contributed by atoms with Crippen LogP contribution in [0.15, 0.2) is 107 Å². The van der Waals surface area contributed by atoms with E-state index in [1.807, 2.05) is 77.7 Å². The number of nitrogens with zero attached hydrogens (tertiary/aromatic N) is 1. The van der Waals surface area contributed by atoms with Gasteiger partial charge in [0.2, 0.25) is 0 Å². The monoisotopic (exact) mass is 530 g/mol. The molecule has 1 atom stereocenters. The van der Waals surface area contributed by atoms with Crippen molar-refractivity contribution in [1.29, 1.82) is 0 Å². The van der Waals surface area contributed by atoms with E-state index in [0.717, 1.165) is 46.5 Å². The Morgan fingerprint density at radius 1 is 0.974 bits per heavy atom. The second kappa shape index (κ2) is 11.0. The molecule has 0 saturated carbocycles. The van der Waals surface area contributed by atoms with Gasteiger partial charge in [-0.2, -0.15) is 0 Å². The highest BCUT2D eigenvalue weighted by Gasteiger charge is 2.31. The minimum Gasteiger partial charge on any atom is -0.345 e. The van der Waals surface area contributed by atoms with E-state index in [1.54, 1.807) is 0 Å². The van der Waals surface area contributed by atoms with Crippen molar-refractivity contribution >= 4 is 35.3 Å². The van der Waals surface area contributed by atoms with E-state index in [-0.39, 0.29) is 17.9 Å². The number of fused-ring (bicyclic) bond motifs is 2. The molecule has 0 saturated heterocycles. The minimum absolute atomic E-state index is 0.00158. The molecule has 5 heteroatoms. The highest BCUT2D eigenvalue weighted by Crippen LogP contribution is 2.43. The number of rotatable bonds is 5. The van der Waals surface area contributed by atoms with Gasteiger partial charge in [0.15, 0.2) is 0 Å². The van der Waals surface area contributed by atoms with Crippen LogP contribution in [0.5, 0.6) is 0 Å². The van der Waals surface area contributed by atoms with Crippen LogP contribution in [-0.2, 0) is 17.8 Å². The van der Waals surface area contributed by atoms with Crippen molar-refractivity contribution in [2.24, 2.45) is 0 Å². The molecule has 2 aliphatic rings. The van der Waals surface area contributed by atoms with Gasteiger partial charge in [-0.15, -0.1) is 0 Å². The molecule has 0 spiro atoms. The average Bonchev–Trinajstić information content (AvgIpc) is 2.96. The van der Waals surface area contributed by atoms with Crippen molar-refractivity contribution in [3.05, 3.63) is 135 Å². The standard InChI is InChI=1S/C34H30N2O2S/c1-23-9-7-12-25(19-23)22-36-30-21-27(33(37)35-29-16-8-14-26-13-5-6-15-28(26)29)17-18-31(30)39-32(34(36)38)20-24-10-3-2-4-11-24/h2-7,9-13,15,17-21,29H,8,14,16,22H2,1H3,(H,35,37). The van der Waals surface area contributed by atoms with Crippen molar-refractivity contribution in [2.75, 3.05) is 4.90 Å². The fraction of sp³-hybridized carbons (Fsp3) is 0.176. The molecule has 0 aromatic heterocycles. The Kier molecular flexibility index (Phi) is 7.08. The van der Waals surface area contributed by atoms with E-state index in [4.69, 9.17) is 0 Å². The number of thioether (sulfide) groups is 1. The third-order valence-electron chi connectivity index (χ3n) is 7.38. The van der Waals surface area contributed by atoms with Crippen molar-refractivity contribution in [1.82, 2.24) is 5.32 Å². The first kappa shape index (κ1) is 25.2. The van der Waals surface area contributed by atoms with Gasteiger partial charge in [-0.3, -0.25) is 9.59 Å². The molecule has 1 heterocycles. The summed E-state index contributed by atoms with van der Waals surface area (Å²) in [7, 11) is 0. The highest BCUT2D eigenvalue weighted by molar-refractivity contribution is 8.04. The summed E-state index contributed by atoms with van der Waals surface area (Å²) in [6.07, 6.45) is 4.97. The van der Waals surface area contributed by atoms with Crippen LogP contribution >= 0.6 is 11.8 Å². The van der Waals surface area contributed by atoms with Crippen LogP contribution in [0.1, 0.15) is 57.1 Å². The van der Waals surface area contributed by atoms with Crippen LogP contribution in [-0.4, -0.2) is 11.8 Å². The fourth-order valence-corrected chi connectivity index (χ4v) is 6.49. The molecule has 4 nitrogen and oxygen atoms in total. The van der Waals surface area contributed by atoms with Crippen LogP contribution in [0.25, 0.3) is 6.08 Å². The van der Waals surface area contributed by atoms with E-state index < -0.39 is 0 Å². The number of carbonyl (C=O) groups excluding carboxylic acids is 2. The molecule has 1 N–H and O–H groups in total. The Morgan fingerprint density at radius 3 is 2.64 bits per heavy atom. The quantitative estimate of drug-likeness (QED) is 0.272. The highest BCUT2D eigenvalue weighted by atomic mass is 32.2. The van der Waals surface area contributed by atoms with Crippen LogP contribution in [0.2, 0.25) is 0 Å². The molecule has 0 bridgehead atoms. The zero-order valence-corrected chi connectivity index (χ0v) is 22.7. The van der Waals surface area contributed by atoms with Gasteiger partial charge >= 0.3 is 0 Å². The number of nitrogens with one attached hydrogen (secondary N) is 1. The molecule has 4 aromatic rings. The fourth-order valence-electron chi connectivity index (χ4n) is 5.45. The summed E-state index contributed by atoms with van der Waals surface area (Å²) in [4.78, 5) is 30.8. The first-order valence-corrected chi connectivity index (χ1v) is 14.2. The largest absolute Gasteiger partial charge is 0.345 e. The molecule has 0 radical (unpaired) electrons. The summed E-state index contributed by atoms with van der Waals surface area (Å²) in [5.41, 5.74) is 7.03. The maximum absolute atomic E-state index is 13.9. The number of hydrogen-bond acceptors (Lipinski definition) is 3. The Bertz CT molecular complexity index is 1580. The third kappa shape index (κ3) is 5.41. The molecule has 6 rings (SSSR count). The second-order valence-corrected chi connectivity index (χ2v) is 11.3. The Balaban J connectivity index is 1.33. The van der Waals surface area contributed by atoms with Gasteiger partial charge in [-0.05, 0) is 72.7 Å². The Morgan fingerprint density at radius 2 is 1.79 bits per heavy atom. The Labute approximate surface area is 233 Å². The van der Waals surface area contributed by atoms with E-state index >= 15 is 0 Å². The lowest BCUT2D eigenvalue weighted by atomic mass is 9.87. The molecule has 39 heavy (non-hydrogen) atoms. The van der Waals surface area contributed by atoms with Crippen molar-refractivity contribution in [3.63, 3.8) is 0 Å². The van der Waals surface area contributed by atoms with E-state index in [1.165, 1.54) is 22.9 Å². The Hall–Kier alpha value is -4.09. The molecule has 2 amide bonds. The maximum Gasteiger partial charge on any atom is 0.265 e. The predicted octanol–water partition coefficient (Wildman–Crippen LogP) is 7.48. The molecule has 0 fully saturated rings. The average molecular weight is 531 g/mol.